The summed E-state index contributed by atoms with van der Waals surface area (Å²) in [6.07, 6.45) is -2.18. The lowest BCUT2D eigenvalue weighted by atomic mass is 9.98. The zero-order valence-corrected chi connectivity index (χ0v) is 21.4. The van der Waals surface area contributed by atoms with Crippen LogP contribution in [0.1, 0.15) is 35.6 Å². The molecule has 1 aliphatic carbocycles. The first-order valence-electron chi connectivity index (χ1n) is 12.2. The van der Waals surface area contributed by atoms with Gasteiger partial charge in [-0.2, -0.15) is 18.4 Å². The molecule has 0 heterocycles. The largest absolute Gasteiger partial charge is 0.432 e. The summed E-state index contributed by atoms with van der Waals surface area (Å²) in [6.45, 7) is 0.821. The zero-order valence-electron chi connectivity index (χ0n) is 20.6. The Bertz CT molecular complexity index is 1430. The van der Waals surface area contributed by atoms with Gasteiger partial charge in [-0.25, -0.2) is 0 Å². The van der Waals surface area contributed by atoms with Crippen molar-refractivity contribution in [1.29, 1.82) is 10.7 Å². The number of carbonyl (C=O) groups is 1. The molecular weight excluding hydrogens is 527 g/mol. The fourth-order valence-electron chi connectivity index (χ4n) is 3.89. The summed E-state index contributed by atoms with van der Waals surface area (Å²) < 4.78 is 39.4. The van der Waals surface area contributed by atoms with Gasteiger partial charge in [0.15, 0.2) is 0 Å². The van der Waals surface area contributed by atoms with E-state index in [1.807, 2.05) is 24.3 Å². The van der Waals surface area contributed by atoms with Crippen molar-refractivity contribution in [3.05, 3.63) is 106 Å². The van der Waals surface area contributed by atoms with Crippen molar-refractivity contribution in [2.45, 2.75) is 25.1 Å². The van der Waals surface area contributed by atoms with Crippen molar-refractivity contribution in [3.63, 3.8) is 0 Å². The van der Waals surface area contributed by atoms with Crippen molar-refractivity contribution < 1.29 is 18.0 Å². The van der Waals surface area contributed by atoms with Crippen molar-refractivity contribution in [2.75, 3.05) is 17.2 Å². The first-order valence-corrected chi connectivity index (χ1v) is 12.5. The molecule has 1 aliphatic rings. The van der Waals surface area contributed by atoms with Crippen LogP contribution in [0.4, 0.5) is 24.5 Å². The highest BCUT2D eigenvalue weighted by molar-refractivity contribution is 6.30. The average Bonchev–Trinajstić information content (AvgIpc) is 3.74. The molecule has 4 N–H and O–H groups in total. The van der Waals surface area contributed by atoms with E-state index in [0.29, 0.717) is 22.7 Å². The molecule has 3 aromatic rings. The van der Waals surface area contributed by atoms with Gasteiger partial charge in [0.25, 0.3) is 5.91 Å². The van der Waals surface area contributed by atoms with Gasteiger partial charge >= 0.3 is 6.18 Å². The van der Waals surface area contributed by atoms with Crippen LogP contribution in [-0.4, -0.2) is 24.3 Å². The van der Waals surface area contributed by atoms with Gasteiger partial charge < -0.3 is 16.0 Å². The van der Waals surface area contributed by atoms with Crippen LogP contribution < -0.4 is 16.0 Å². The summed E-state index contributed by atoms with van der Waals surface area (Å²) in [6, 6.07) is 22.1. The molecule has 0 bridgehead atoms. The molecule has 0 aromatic heterocycles. The molecule has 6 nitrogen and oxygen atoms in total. The van der Waals surface area contributed by atoms with E-state index in [4.69, 9.17) is 22.3 Å². The molecule has 0 aliphatic heterocycles. The number of carbonyl (C=O) groups excluding carboxylic acids is 1. The Morgan fingerprint density at radius 3 is 2.33 bits per heavy atom. The molecule has 1 amide bonds. The van der Waals surface area contributed by atoms with Gasteiger partial charge in [-0.1, -0.05) is 41.9 Å². The highest BCUT2D eigenvalue weighted by Gasteiger charge is 2.33. The van der Waals surface area contributed by atoms with Crippen LogP contribution in [0.25, 0.3) is 0 Å². The number of nitrogens with zero attached hydrogens (tertiary/aromatic N) is 1. The third-order valence-electron chi connectivity index (χ3n) is 6.10. The standard InChI is InChI=1S/C29H25ClF3N5O/c30-22-11-9-20(10-12-22)27(36-17-18-7-8-18)21-4-2-6-24(14-21)38-28(39)25(15-26(35)29(31,32)33)37-23-5-1-3-19(13-23)16-34/h1-6,9-15,18,27,35-37H,7-8,17H2,(H,38,39)/b25-15-,35-26?. The number of nitrogens with one attached hydrogen (secondary N) is 4. The Morgan fingerprint density at radius 1 is 1.03 bits per heavy atom. The maximum atomic E-state index is 13.1. The maximum Gasteiger partial charge on any atom is 0.432 e. The molecule has 0 radical (unpaired) electrons. The number of nitriles is 1. The number of halogens is 4. The Balaban J connectivity index is 1.60. The summed E-state index contributed by atoms with van der Waals surface area (Å²) in [4.78, 5) is 13.1. The number of benzene rings is 3. The molecule has 1 unspecified atom stereocenters. The lowest BCUT2D eigenvalue weighted by Crippen LogP contribution is -2.26. The van der Waals surface area contributed by atoms with Crippen LogP contribution in [0.2, 0.25) is 5.02 Å². The molecule has 3 aromatic carbocycles. The second-order valence-corrected chi connectivity index (χ2v) is 9.64. The molecule has 1 atom stereocenters. The van der Waals surface area contributed by atoms with E-state index in [0.717, 1.165) is 17.7 Å². The lowest BCUT2D eigenvalue weighted by molar-refractivity contribution is -0.112. The average molecular weight is 552 g/mol. The van der Waals surface area contributed by atoms with Gasteiger partial charge in [0.05, 0.1) is 17.7 Å². The number of anilines is 2. The molecule has 10 heteroatoms. The third kappa shape index (κ3) is 7.93. The first-order chi connectivity index (χ1) is 18.6. The summed E-state index contributed by atoms with van der Waals surface area (Å²) in [5.41, 5.74) is 0.468. The topological polar surface area (TPSA) is 101 Å². The number of rotatable bonds is 10. The van der Waals surface area contributed by atoms with Crippen molar-refractivity contribution in [2.24, 2.45) is 5.92 Å². The fourth-order valence-corrected chi connectivity index (χ4v) is 4.02. The minimum absolute atomic E-state index is 0.194. The quantitative estimate of drug-likeness (QED) is 0.164. The van der Waals surface area contributed by atoms with Gasteiger partial charge in [-0.3, -0.25) is 10.2 Å². The summed E-state index contributed by atoms with van der Waals surface area (Å²) >= 11 is 6.07. The van der Waals surface area contributed by atoms with E-state index in [-0.39, 0.29) is 17.3 Å². The van der Waals surface area contributed by atoms with Crippen molar-refractivity contribution in [1.82, 2.24) is 5.32 Å². The minimum atomic E-state index is -4.94. The monoisotopic (exact) mass is 551 g/mol. The highest BCUT2D eigenvalue weighted by Crippen LogP contribution is 2.31. The zero-order chi connectivity index (χ0) is 28.0. The third-order valence-corrected chi connectivity index (χ3v) is 6.35. The van der Waals surface area contributed by atoms with Gasteiger partial charge in [0, 0.05) is 16.4 Å². The van der Waals surface area contributed by atoms with Crippen LogP contribution in [0, 0.1) is 22.7 Å². The molecular formula is C29H25ClF3N5O. The normalized spacial score (nSPS) is 14.3. The lowest BCUT2D eigenvalue weighted by Gasteiger charge is -2.21. The number of hydrogen-bond donors (Lipinski definition) is 4. The van der Waals surface area contributed by atoms with Crippen LogP contribution in [0.3, 0.4) is 0 Å². The molecule has 39 heavy (non-hydrogen) atoms. The predicted octanol–water partition coefficient (Wildman–Crippen LogP) is 6.82. The van der Waals surface area contributed by atoms with E-state index >= 15 is 0 Å². The summed E-state index contributed by atoms with van der Waals surface area (Å²) in [5, 5.41) is 25.9. The smallest absolute Gasteiger partial charge is 0.351 e. The van der Waals surface area contributed by atoms with Crippen LogP contribution in [-0.2, 0) is 4.79 Å². The Labute approximate surface area is 229 Å². The van der Waals surface area contributed by atoms with Gasteiger partial charge in [-0.15, -0.1) is 0 Å². The number of amides is 1. The second-order valence-electron chi connectivity index (χ2n) is 9.20. The summed E-state index contributed by atoms with van der Waals surface area (Å²) in [5.74, 6) is -0.262. The number of allylic oxidation sites excluding steroid dienone is 1. The van der Waals surface area contributed by atoms with Crippen LogP contribution in [0.15, 0.2) is 84.6 Å². The van der Waals surface area contributed by atoms with E-state index in [1.165, 1.54) is 37.1 Å². The molecule has 200 valence electrons. The molecule has 0 spiro atoms. The van der Waals surface area contributed by atoms with E-state index in [9.17, 15) is 18.0 Å². The summed E-state index contributed by atoms with van der Waals surface area (Å²) in [7, 11) is 0. The van der Waals surface area contributed by atoms with Crippen LogP contribution >= 0.6 is 11.6 Å². The molecule has 1 fully saturated rings. The SMILES string of the molecule is N#Cc1cccc(N/C(=C\C(=N)C(F)(F)F)C(=O)Nc2cccc(C(NCC3CC3)c3ccc(Cl)cc3)c2)c1. The maximum absolute atomic E-state index is 13.1. The van der Waals surface area contributed by atoms with E-state index in [1.54, 1.807) is 30.3 Å². The van der Waals surface area contributed by atoms with E-state index < -0.39 is 23.5 Å². The Morgan fingerprint density at radius 2 is 1.69 bits per heavy atom. The Hall–Kier alpha value is -4.13. The van der Waals surface area contributed by atoms with Gasteiger partial charge in [-0.05, 0) is 85.0 Å². The van der Waals surface area contributed by atoms with E-state index in [2.05, 4.69) is 16.0 Å². The number of alkyl halides is 3. The molecule has 0 saturated heterocycles. The van der Waals surface area contributed by atoms with Crippen LogP contribution in [0.5, 0.6) is 0 Å². The fraction of sp³-hybridized carbons (Fsp3) is 0.207. The minimum Gasteiger partial charge on any atom is -0.351 e. The first kappa shape index (κ1) is 27.9. The number of hydrogen-bond acceptors (Lipinski definition) is 5. The van der Waals surface area contributed by atoms with Gasteiger partial charge in [0.1, 0.15) is 11.4 Å². The van der Waals surface area contributed by atoms with Crippen molar-refractivity contribution in [3.8, 4) is 6.07 Å². The molecule has 1 saturated carbocycles. The highest BCUT2D eigenvalue weighted by atomic mass is 35.5. The van der Waals surface area contributed by atoms with Crippen molar-refractivity contribution >= 4 is 34.6 Å². The Kier molecular flexibility index (Phi) is 8.69. The van der Waals surface area contributed by atoms with Gasteiger partial charge in [0.2, 0.25) is 0 Å². The molecule has 4 rings (SSSR count). The second kappa shape index (κ2) is 12.2. The predicted molar refractivity (Wildman–Crippen MR) is 146 cm³/mol.